The van der Waals surface area contributed by atoms with Gasteiger partial charge in [-0.2, -0.15) is 0 Å². The van der Waals surface area contributed by atoms with Gasteiger partial charge >= 0.3 is 0 Å². The van der Waals surface area contributed by atoms with Crippen molar-refractivity contribution in [2.75, 3.05) is 19.6 Å². The Balaban J connectivity index is 1.76. The van der Waals surface area contributed by atoms with Crippen LogP contribution in [0.15, 0.2) is 12.2 Å². The van der Waals surface area contributed by atoms with Gasteiger partial charge in [0.05, 0.1) is 0 Å². The Morgan fingerprint density at radius 3 is 2.95 bits per heavy atom. The van der Waals surface area contributed by atoms with Gasteiger partial charge in [-0.15, -0.1) is 0 Å². The van der Waals surface area contributed by atoms with E-state index >= 15 is 0 Å². The van der Waals surface area contributed by atoms with E-state index in [1.807, 2.05) is 0 Å². The molecule has 1 heterocycles. The van der Waals surface area contributed by atoms with Gasteiger partial charge in [-0.05, 0) is 44.1 Å². The number of carbonyl (C=O) groups excluding carboxylic acids is 1. The lowest BCUT2D eigenvalue weighted by Gasteiger charge is -2.34. The first-order valence-corrected chi connectivity index (χ1v) is 7.83. The molecule has 2 atom stereocenters. The van der Waals surface area contributed by atoms with Crippen LogP contribution in [0.5, 0.6) is 0 Å². The number of hydrogen-bond acceptors (Lipinski definition) is 2. The predicted molar refractivity (Wildman–Crippen MR) is 78.9 cm³/mol. The molecule has 0 aromatic carbocycles. The first-order chi connectivity index (χ1) is 9.15. The Bertz CT molecular complexity index is 325. The Morgan fingerprint density at radius 1 is 1.42 bits per heavy atom. The number of nitrogens with zero attached hydrogens (tertiary/aromatic N) is 1. The molecule has 1 N–H and O–H groups in total. The van der Waals surface area contributed by atoms with Crippen LogP contribution in [-0.4, -0.2) is 36.5 Å². The number of likely N-dealkylation sites (tertiary alicyclic amines) is 1. The lowest BCUT2D eigenvalue weighted by atomic mass is 9.96. The maximum Gasteiger partial charge on any atom is 0.223 e. The smallest absolute Gasteiger partial charge is 0.223 e. The van der Waals surface area contributed by atoms with Crippen LogP contribution in [0, 0.1) is 11.8 Å². The van der Waals surface area contributed by atoms with Crippen molar-refractivity contribution in [2.45, 2.75) is 52.0 Å². The molecule has 1 aliphatic heterocycles. The summed E-state index contributed by atoms with van der Waals surface area (Å²) in [4.78, 5) is 14.4. The molecule has 108 valence electrons. The minimum Gasteiger partial charge on any atom is -0.342 e. The first-order valence-electron chi connectivity index (χ1n) is 7.83. The quantitative estimate of drug-likeness (QED) is 0.774. The van der Waals surface area contributed by atoms with E-state index in [0.29, 0.717) is 23.8 Å². The summed E-state index contributed by atoms with van der Waals surface area (Å²) in [6, 6.07) is 0.537. The molecule has 1 saturated heterocycles. The van der Waals surface area contributed by atoms with Gasteiger partial charge in [-0.25, -0.2) is 0 Å². The van der Waals surface area contributed by atoms with Gasteiger partial charge in [-0.3, -0.25) is 4.79 Å². The fraction of sp³-hybridized carbons (Fsp3) is 0.812. The number of piperidine rings is 1. The van der Waals surface area contributed by atoms with Gasteiger partial charge in [0.1, 0.15) is 0 Å². The van der Waals surface area contributed by atoms with Crippen molar-refractivity contribution in [1.82, 2.24) is 10.2 Å². The number of amides is 1. The molecule has 0 aromatic rings. The van der Waals surface area contributed by atoms with Gasteiger partial charge < -0.3 is 10.2 Å². The lowest BCUT2D eigenvalue weighted by Crippen LogP contribution is -2.44. The van der Waals surface area contributed by atoms with Crippen molar-refractivity contribution < 1.29 is 4.79 Å². The second-order valence-corrected chi connectivity index (χ2v) is 6.38. The Kier molecular flexibility index (Phi) is 5.44. The molecule has 19 heavy (non-hydrogen) atoms. The van der Waals surface area contributed by atoms with Crippen molar-refractivity contribution >= 4 is 5.91 Å². The molecule has 1 aliphatic carbocycles. The summed E-state index contributed by atoms with van der Waals surface area (Å²) in [6.45, 7) is 7.32. The molecule has 3 nitrogen and oxygen atoms in total. The molecule has 0 aromatic heterocycles. The summed E-state index contributed by atoms with van der Waals surface area (Å²) in [6.07, 6.45) is 9.89. The molecular formula is C16H28N2O. The Morgan fingerprint density at radius 2 is 2.26 bits per heavy atom. The maximum atomic E-state index is 12.3. The summed E-state index contributed by atoms with van der Waals surface area (Å²) < 4.78 is 0. The van der Waals surface area contributed by atoms with Crippen LogP contribution in [0.2, 0.25) is 0 Å². The summed E-state index contributed by atoms with van der Waals surface area (Å²) in [5.41, 5.74) is 0. The Labute approximate surface area is 117 Å². The molecule has 0 radical (unpaired) electrons. The van der Waals surface area contributed by atoms with Gasteiger partial charge in [-0.1, -0.05) is 26.0 Å². The van der Waals surface area contributed by atoms with E-state index < -0.39 is 0 Å². The van der Waals surface area contributed by atoms with Crippen LogP contribution >= 0.6 is 0 Å². The molecule has 0 saturated carbocycles. The highest BCUT2D eigenvalue weighted by Gasteiger charge is 2.25. The van der Waals surface area contributed by atoms with Gasteiger partial charge in [0.2, 0.25) is 5.91 Å². The second kappa shape index (κ2) is 7.09. The van der Waals surface area contributed by atoms with Crippen LogP contribution in [-0.2, 0) is 4.79 Å². The zero-order valence-corrected chi connectivity index (χ0v) is 12.4. The average molecular weight is 264 g/mol. The van der Waals surface area contributed by atoms with E-state index in [1.54, 1.807) is 0 Å². The fourth-order valence-corrected chi connectivity index (χ4v) is 3.08. The van der Waals surface area contributed by atoms with E-state index in [-0.39, 0.29) is 0 Å². The topological polar surface area (TPSA) is 32.3 Å². The molecule has 1 amide bonds. The van der Waals surface area contributed by atoms with Crippen LogP contribution in [0.25, 0.3) is 0 Å². The van der Waals surface area contributed by atoms with Crippen molar-refractivity contribution in [1.29, 1.82) is 0 Å². The summed E-state index contributed by atoms with van der Waals surface area (Å²) in [5.74, 6) is 1.51. The van der Waals surface area contributed by atoms with Crippen LogP contribution in [0.4, 0.5) is 0 Å². The second-order valence-electron chi connectivity index (χ2n) is 6.38. The minimum absolute atomic E-state index is 0.366. The Hall–Kier alpha value is -0.830. The highest BCUT2D eigenvalue weighted by molar-refractivity contribution is 5.76. The molecule has 0 spiro atoms. The van der Waals surface area contributed by atoms with Crippen molar-refractivity contribution in [3.05, 3.63) is 12.2 Å². The third-order valence-electron chi connectivity index (χ3n) is 4.24. The van der Waals surface area contributed by atoms with Gasteiger partial charge in [0.15, 0.2) is 0 Å². The third kappa shape index (κ3) is 4.64. The van der Waals surface area contributed by atoms with Gasteiger partial charge in [0.25, 0.3) is 0 Å². The number of nitrogens with one attached hydrogen (secondary N) is 1. The third-order valence-corrected chi connectivity index (χ3v) is 4.24. The van der Waals surface area contributed by atoms with E-state index in [0.717, 1.165) is 45.3 Å². The molecule has 2 rings (SSSR count). The summed E-state index contributed by atoms with van der Waals surface area (Å²) in [5, 5.41) is 3.50. The van der Waals surface area contributed by atoms with Gasteiger partial charge in [0, 0.05) is 25.6 Å². The largest absolute Gasteiger partial charge is 0.342 e. The highest BCUT2D eigenvalue weighted by Crippen LogP contribution is 2.23. The molecular weight excluding hydrogens is 236 g/mol. The number of hydrogen-bond donors (Lipinski definition) is 1. The van der Waals surface area contributed by atoms with E-state index in [2.05, 4.69) is 36.2 Å². The SMILES string of the molecule is CC(C)NCC1CCCN(C(=O)CC2C=CCC2)C1. The minimum atomic E-state index is 0.366. The number of rotatable bonds is 5. The first kappa shape index (κ1) is 14.6. The number of carbonyl (C=O) groups is 1. The van der Waals surface area contributed by atoms with E-state index in [1.165, 1.54) is 6.42 Å². The van der Waals surface area contributed by atoms with Crippen LogP contribution < -0.4 is 5.32 Å². The molecule has 0 bridgehead atoms. The zero-order valence-electron chi connectivity index (χ0n) is 12.4. The predicted octanol–water partition coefficient (Wildman–Crippen LogP) is 2.58. The zero-order chi connectivity index (χ0) is 13.7. The van der Waals surface area contributed by atoms with Crippen LogP contribution in [0.1, 0.15) is 46.0 Å². The normalized spacial score (nSPS) is 27.2. The average Bonchev–Trinajstić information content (AvgIpc) is 2.89. The lowest BCUT2D eigenvalue weighted by molar-refractivity contribution is -0.133. The van der Waals surface area contributed by atoms with Crippen molar-refractivity contribution in [3.63, 3.8) is 0 Å². The molecule has 3 heteroatoms. The van der Waals surface area contributed by atoms with Crippen molar-refractivity contribution in [2.24, 2.45) is 11.8 Å². The van der Waals surface area contributed by atoms with E-state index in [4.69, 9.17) is 0 Å². The monoisotopic (exact) mass is 264 g/mol. The van der Waals surface area contributed by atoms with Crippen molar-refractivity contribution in [3.8, 4) is 0 Å². The highest BCUT2D eigenvalue weighted by atomic mass is 16.2. The molecule has 2 unspecified atom stereocenters. The fourth-order valence-electron chi connectivity index (χ4n) is 3.08. The van der Waals surface area contributed by atoms with E-state index in [9.17, 15) is 4.79 Å². The van der Waals surface area contributed by atoms with Crippen LogP contribution in [0.3, 0.4) is 0 Å². The standard InChI is InChI=1S/C16H28N2O/c1-13(2)17-11-15-8-5-9-18(12-15)16(19)10-14-6-3-4-7-14/h3,6,13-15,17H,4-5,7-12H2,1-2H3. The number of allylic oxidation sites excluding steroid dienone is 2. The summed E-state index contributed by atoms with van der Waals surface area (Å²) in [7, 11) is 0. The molecule has 1 fully saturated rings. The maximum absolute atomic E-state index is 12.3. The molecule has 2 aliphatic rings. The summed E-state index contributed by atoms with van der Waals surface area (Å²) >= 11 is 0.